The summed E-state index contributed by atoms with van der Waals surface area (Å²) in [5.41, 5.74) is 0. The van der Waals surface area contributed by atoms with E-state index in [4.69, 9.17) is 29.1 Å². The van der Waals surface area contributed by atoms with Crippen LogP contribution in [0.25, 0.3) is 0 Å². The van der Waals surface area contributed by atoms with E-state index in [2.05, 4.69) is 0 Å². The van der Waals surface area contributed by atoms with E-state index in [0.717, 1.165) is 6.92 Å². The van der Waals surface area contributed by atoms with Crippen LogP contribution in [0.2, 0.25) is 0 Å². The minimum atomic E-state index is -5.39. The predicted octanol–water partition coefficient (Wildman–Crippen LogP) is -11.7. The average Bonchev–Trinajstić information content (AvgIpc) is 1.19. The Hall–Kier alpha value is 2.58. The van der Waals surface area contributed by atoms with Crippen LogP contribution >= 0.6 is 7.82 Å². The number of phosphoric acid groups is 1. The molecule has 0 radical (unpaired) electrons. The van der Waals surface area contributed by atoms with E-state index in [0.29, 0.717) is 0 Å². The maximum absolute atomic E-state index is 9.00. The Bertz CT molecular complexity index is 120. The van der Waals surface area contributed by atoms with Gasteiger partial charge < -0.3 is 24.4 Å². The fraction of sp³-hybridized carbons (Fsp3) is 0.500. The molecule has 1 N–H and O–H groups in total. The van der Waals surface area contributed by atoms with E-state index < -0.39 is 13.8 Å². The quantitative estimate of drug-likeness (QED) is 0.322. The van der Waals surface area contributed by atoms with Crippen molar-refractivity contribution in [2.45, 2.75) is 6.92 Å². The van der Waals surface area contributed by atoms with Crippen LogP contribution in [0, 0.1) is 0 Å². The molecular formula is C2H4Na3O6P. The molecule has 0 saturated heterocycles. The molecule has 0 aromatic carbocycles. The second kappa shape index (κ2) is 16.0. The molecule has 0 aromatic heterocycles. The summed E-state index contributed by atoms with van der Waals surface area (Å²) in [4.78, 5) is 34.6. The summed E-state index contributed by atoms with van der Waals surface area (Å²) in [6, 6.07) is 0. The molecule has 0 unspecified atom stereocenters. The van der Waals surface area contributed by atoms with Crippen LogP contribution in [-0.4, -0.2) is 11.1 Å². The maximum atomic E-state index is 9.00. The van der Waals surface area contributed by atoms with Gasteiger partial charge in [0.25, 0.3) is 5.97 Å². The molecule has 0 saturated carbocycles. The molecule has 12 heavy (non-hydrogen) atoms. The van der Waals surface area contributed by atoms with Crippen LogP contribution in [-0.2, 0) is 9.36 Å². The molecule has 0 aliphatic rings. The molecule has 0 aliphatic carbocycles. The third-order valence-corrected chi connectivity index (χ3v) is 0. The number of carboxylic acids is 1. The zero-order valence-corrected chi connectivity index (χ0v) is 14.3. The molecule has 56 valence electrons. The smallest absolute Gasteiger partial charge is 0.822 e. The van der Waals surface area contributed by atoms with Crippen molar-refractivity contribution in [3.63, 3.8) is 0 Å². The Morgan fingerprint density at radius 3 is 1.17 bits per heavy atom. The first-order valence-corrected chi connectivity index (χ1v) is 3.12. The zero-order chi connectivity index (χ0) is 8.08. The summed E-state index contributed by atoms with van der Waals surface area (Å²) in [5.74, 6) is -0.833. The van der Waals surface area contributed by atoms with Crippen LogP contribution in [0.3, 0.4) is 0 Å². The first-order chi connectivity index (χ1) is 3.73. The molecule has 0 spiro atoms. The zero-order valence-electron chi connectivity index (χ0n) is 7.44. The Kier molecular flexibility index (Phi) is 39.1. The van der Waals surface area contributed by atoms with Crippen LogP contribution in [0.5, 0.6) is 0 Å². The van der Waals surface area contributed by atoms with Crippen molar-refractivity contribution in [1.29, 1.82) is 0 Å². The van der Waals surface area contributed by atoms with Crippen LogP contribution in [0.15, 0.2) is 0 Å². The van der Waals surface area contributed by atoms with E-state index in [1.807, 2.05) is 0 Å². The van der Waals surface area contributed by atoms with Gasteiger partial charge >= 0.3 is 88.7 Å². The van der Waals surface area contributed by atoms with Gasteiger partial charge in [0, 0.05) is 6.92 Å². The molecule has 0 atom stereocenters. The number of hydrogen-bond donors (Lipinski definition) is 1. The normalized spacial score (nSPS) is 7.00. The Morgan fingerprint density at radius 2 is 1.17 bits per heavy atom. The summed E-state index contributed by atoms with van der Waals surface area (Å²) in [6.45, 7) is 1.08. The number of carbonyl (C=O) groups is 1. The van der Waals surface area contributed by atoms with E-state index in [1.165, 1.54) is 0 Å². The summed E-state index contributed by atoms with van der Waals surface area (Å²) in [6.07, 6.45) is 0. The van der Waals surface area contributed by atoms with Gasteiger partial charge in [0.15, 0.2) is 0 Å². The minimum Gasteiger partial charge on any atom is -0.822 e. The van der Waals surface area contributed by atoms with E-state index in [9.17, 15) is 0 Å². The average molecular weight is 224 g/mol. The molecule has 0 heterocycles. The van der Waals surface area contributed by atoms with Crippen LogP contribution in [0.1, 0.15) is 6.92 Å². The molecule has 0 aliphatic heterocycles. The van der Waals surface area contributed by atoms with Gasteiger partial charge in [-0.2, -0.15) is 7.82 Å². The van der Waals surface area contributed by atoms with E-state index in [-0.39, 0.29) is 88.7 Å². The van der Waals surface area contributed by atoms with Crippen LogP contribution in [0.4, 0.5) is 0 Å². The van der Waals surface area contributed by atoms with Crippen molar-refractivity contribution in [3.05, 3.63) is 0 Å². The second-order valence-electron chi connectivity index (χ2n) is 0.966. The van der Waals surface area contributed by atoms with E-state index in [1.54, 1.807) is 0 Å². The van der Waals surface area contributed by atoms with Gasteiger partial charge in [-0.05, 0) is 0 Å². The second-order valence-corrected chi connectivity index (χ2v) is 1.86. The van der Waals surface area contributed by atoms with E-state index >= 15 is 0 Å². The molecular weight excluding hydrogens is 220 g/mol. The van der Waals surface area contributed by atoms with Gasteiger partial charge in [-0.3, -0.25) is 4.79 Å². The maximum Gasteiger partial charge on any atom is 1.00 e. The van der Waals surface area contributed by atoms with Crippen molar-refractivity contribution in [2.75, 3.05) is 0 Å². The van der Waals surface area contributed by atoms with Gasteiger partial charge in [-0.15, -0.1) is 0 Å². The number of carboxylic acid groups (broad SMARTS) is 1. The molecule has 0 amide bonds. The number of hydrogen-bond acceptors (Lipinski definition) is 5. The van der Waals surface area contributed by atoms with Gasteiger partial charge in [-0.1, -0.05) is 0 Å². The molecule has 0 fully saturated rings. The van der Waals surface area contributed by atoms with Crippen molar-refractivity contribution in [3.8, 4) is 0 Å². The van der Waals surface area contributed by atoms with Gasteiger partial charge in [0.1, 0.15) is 0 Å². The third-order valence-electron chi connectivity index (χ3n) is 0. The number of rotatable bonds is 0. The molecule has 10 heteroatoms. The van der Waals surface area contributed by atoms with Crippen LogP contribution < -0.4 is 103 Å². The summed E-state index contributed by atoms with van der Waals surface area (Å²) in [5, 5.41) is 7.42. The van der Waals surface area contributed by atoms with Crippen molar-refractivity contribution in [1.82, 2.24) is 0 Å². The Labute approximate surface area is 136 Å². The molecule has 0 bridgehead atoms. The minimum absolute atomic E-state index is 0. The van der Waals surface area contributed by atoms with Crippen molar-refractivity contribution >= 4 is 13.8 Å². The summed E-state index contributed by atoms with van der Waals surface area (Å²) >= 11 is 0. The topological polar surface area (TPSA) is 124 Å². The Morgan fingerprint density at radius 1 is 1.17 bits per heavy atom. The van der Waals surface area contributed by atoms with Gasteiger partial charge in [0.05, 0.1) is 0 Å². The molecule has 0 rings (SSSR count). The van der Waals surface area contributed by atoms with Crippen molar-refractivity contribution < 1.29 is 118 Å². The standard InChI is InChI=1S/C2H4O2.3Na.H3O4P/c1-2(3)4;;;;1-5(2,3)4/h1H3,(H,3,4);;;;(H3,1,2,3,4)/q;3*+1;/p-3. The molecule has 0 aromatic rings. The third kappa shape index (κ3) is 253. The first-order valence-electron chi connectivity index (χ1n) is 1.66. The first kappa shape index (κ1) is 29.3. The number of aliphatic carboxylic acids is 1. The largest absolute Gasteiger partial charge is 1.00 e. The monoisotopic (exact) mass is 224 g/mol. The predicted molar refractivity (Wildman–Crippen MR) is 20.9 cm³/mol. The fourth-order valence-corrected chi connectivity index (χ4v) is 0. The van der Waals surface area contributed by atoms with Crippen molar-refractivity contribution in [2.24, 2.45) is 0 Å². The summed E-state index contributed by atoms with van der Waals surface area (Å²) < 4.78 is 8.55. The summed E-state index contributed by atoms with van der Waals surface area (Å²) in [7, 11) is -5.39. The Balaban J connectivity index is -0.0000000221. The fourth-order valence-electron chi connectivity index (χ4n) is 0. The van der Waals surface area contributed by atoms with Gasteiger partial charge in [-0.25, -0.2) is 0 Å². The SMILES string of the molecule is CC(=O)O.O=P([O-])([O-])[O-].[Na+].[Na+].[Na+]. The molecule has 6 nitrogen and oxygen atoms in total. The van der Waals surface area contributed by atoms with Gasteiger partial charge in [0.2, 0.25) is 0 Å².